The molecule has 1 aromatic heterocycles. The van der Waals surface area contributed by atoms with Crippen molar-refractivity contribution in [2.45, 2.75) is 87.2 Å². The number of nitrogens with one attached hydrogen (secondary N) is 1. The minimum absolute atomic E-state index is 0.0617. The van der Waals surface area contributed by atoms with Crippen LogP contribution in [0.3, 0.4) is 0 Å². The Hall–Kier alpha value is -3.60. The Morgan fingerprint density at radius 2 is 1.64 bits per heavy atom. The minimum atomic E-state index is -4.04. The molecule has 2 bridgehead atoms. The SMILES string of the molecule is CCNS(=O)(=O)c1cc(C(=O)N2CCC(CCN3[C@@H]4CC[C@H]3C[C@@H](n3c(C)nc5ccccc53)C4)(c3ccccc3)CC2)ccc1F. The van der Waals surface area contributed by atoms with E-state index in [0.29, 0.717) is 31.2 Å². The summed E-state index contributed by atoms with van der Waals surface area (Å²) in [5, 5.41) is 0. The standard InChI is InChI=1S/C37H44FN5O3S/c1-3-39-47(45,46)35-23-27(13-16-32(35)38)36(44)41-20-17-37(18-21-41,28-9-5-4-6-10-28)19-22-42-29-14-15-30(42)25-31(24-29)43-26(2)40-33-11-7-8-12-34(33)43/h4-13,16,23,29-31,39H,3,14-15,17-22,24-25H2,1-2H3/t29-,30+,31+. The van der Waals surface area contributed by atoms with E-state index in [2.05, 4.69) is 75.7 Å². The molecule has 1 amide bonds. The zero-order valence-corrected chi connectivity index (χ0v) is 28.1. The highest BCUT2D eigenvalue weighted by atomic mass is 32.2. The number of piperidine rings is 2. The molecule has 7 rings (SSSR count). The predicted molar refractivity (Wildman–Crippen MR) is 181 cm³/mol. The first-order valence-electron chi connectivity index (χ1n) is 17.0. The van der Waals surface area contributed by atoms with E-state index >= 15 is 0 Å². The molecule has 0 aliphatic carbocycles. The van der Waals surface area contributed by atoms with Gasteiger partial charge < -0.3 is 9.47 Å². The third-order valence-corrected chi connectivity index (χ3v) is 12.6. The normalized spacial score (nSPS) is 23.0. The van der Waals surface area contributed by atoms with Gasteiger partial charge in [0.05, 0.1) is 11.0 Å². The first-order valence-corrected chi connectivity index (χ1v) is 18.5. The molecule has 3 aliphatic rings. The largest absolute Gasteiger partial charge is 0.339 e. The minimum Gasteiger partial charge on any atom is -0.339 e. The molecule has 4 aromatic rings. The number of imidazole rings is 1. The molecule has 0 spiro atoms. The van der Waals surface area contributed by atoms with Crippen LogP contribution in [-0.4, -0.2) is 71.9 Å². The van der Waals surface area contributed by atoms with Crippen LogP contribution in [0.5, 0.6) is 0 Å². The van der Waals surface area contributed by atoms with Gasteiger partial charge in [0.15, 0.2) is 0 Å². The summed E-state index contributed by atoms with van der Waals surface area (Å²) < 4.78 is 44.4. The lowest BCUT2D eigenvalue weighted by Crippen LogP contribution is -2.49. The van der Waals surface area contributed by atoms with Crippen molar-refractivity contribution in [3.63, 3.8) is 0 Å². The van der Waals surface area contributed by atoms with E-state index in [9.17, 15) is 17.6 Å². The summed E-state index contributed by atoms with van der Waals surface area (Å²) >= 11 is 0. The second-order valence-electron chi connectivity index (χ2n) is 13.6. The van der Waals surface area contributed by atoms with Crippen molar-refractivity contribution >= 4 is 27.0 Å². The highest BCUT2D eigenvalue weighted by Gasteiger charge is 2.44. The summed E-state index contributed by atoms with van der Waals surface area (Å²) in [6.07, 6.45) is 7.40. The highest BCUT2D eigenvalue weighted by molar-refractivity contribution is 7.89. The van der Waals surface area contributed by atoms with Crippen molar-refractivity contribution in [1.82, 2.24) is 24.1 Å². The summed E-state index contributed by atoms with van der Waals surface area (Å²) in [5.74, 6) is -0.0257. The topological polar surface area (TPSA) is 87.5 Å². The molecular weight excluding hydrogens is 614 g/mol. The molecule has 3 aliphatic heterocycles. The number of aryl methyl sites for hydroxylation is 1. The number of carbonyl (C=O) groups is 1. The zero-order valence-electron chi connectivity index (χ0n) is 27.2. The highest BCUT2D eigenvalue weighted by Crippen LogP contribution is 2.45. The van der Waals surface area contributed by atoms with E-state index in [4.69, 9.17) is 4.98 Å². The summed E-state index contributed by atoms with van der Waals surface area (Å²) in [6, 6.07) is 24.4. The lowest BCUT2D eigenvalue weighted by atomic mass is 9.70. The van der Waals surface area contributed by atoms with Gasteiger partial charge in [-0.1, -0.05) is 49.4 Å². The number of sulfonamides is 1. The van der Waals surface area contributed by atoms with Gasteiger partial charge in [-0.25, -0.2) is 22.5 Å². The number of carbonyl (C=O) groups excluding carboxylic acids is 1. The summed E-state index contributed by atoms with van der Waals surface area (Å²) in [4.78, 5) is 22.5. The van der Waals surface area contributed by atoms with E-state index in [0.717, 1.165) is 56.1 Å². The van der Waals surface area contributed by atoms with Gasteiger partial charge >= 0.3 is 0 Å². The van der Waals surface area contributed by atoms with Gasteiger partial charge in [-0.2, -0.15) is 0 Å². The lowest BCUT2D eigenvalue weighted by Gasteiger charge is -2.45. The van der Waals surface area contributed by atoms with E-state index in [-0.39, 0.29) is 23.4 Å². The first-order chi connectivity index (χ1) is 22.7. The van der Waals surface area contributed by atoms with Gasteiger partial charge in [-0.15, -0.1) is 0 Å². The Balaban J connectivity index is 1.06. The van der Waals surface area contributed by atoms with Crippen molar-refractivity contribution in [3.8, 4) is 0 Å². The maximum atomic E-state index is 14.5. The number of fused-ring (bicyclic) bond motifs is 3. The number of benzene rings is 3. The first kappa shape index (κ1) is 32.0. The molecule has 1 N–H and O–H groups in total. The maximum absolute atomic E-state index is 14.5. The zero-order chi connectivity index (χ0) is 32.8. The number of aromatic nitrogens is 2. The second kappa shape index (κ2) is 12.8. The van der Waals surface area contributed by atoms with Crippen LogP contribution in [0.25, 0.3) is 11.0 Å². The molecule has 47 heavy (non-hydrogen) atoms. The summed E-state index contributed by atoms with van der Waals surface area (Å²) in [7, 11) is -4.04. The van der Waals surface area contributed by atoms with Crippen LogP contribution in [0.2, 0.25) is 0 Å². The molecule has 4 heterocycles. The Labute approximate surface area is 277 Å². The molecular formula is C37H44FN5O3S. The summed E-state index contributed by atoms with van der Waals surface area (Å²) in [6.45, 7) is 6.04. The number of hydrogen-bond acceptors (Lipinski definition) is 5. The van der Waals surface area contributed by atoms with Crippen molar-refractivity contribution in [3.05, 3.63) is 95.6 Å². The van der Waals surface area contributed by atoms with Crippen LogP contribution in [0.4, 0.5) is 4.39 Å². The van der Waals surface area contributed by atoms with Crippen LogP contribution in [-0.2, 0) is 15.4 Å². The number of likely N-dealkylation sites (tertiary alicyclic amines) is 1. The van der Waals surface area contributed by atoms with Gasteiger partial charge in [0.1, 0.15) is 16.5 Å². The number of hydrogen-bond donors (Lipinski definition) is 1. The van der Waals surface area contributed by atoms with Gasteiger partial charge in [0, 0.05) is 43.3 Å². The van der Waals surface area contributed by atoms with Crippen molar-refractivity contribution in [1.29, 1.82) is 0 Å². The Kier molecular flexibility index (Phi) is 8.70. The molecule has 3 fully saturated rings. The fourth-order valence-electron chi connectivity index (χ4n) is 8.70. The average molecular weight is 658 g/mol. The molecule has 3 aromatic carbocycles. The van der Waals surface area contributed by atoms with Crippen LogP contribution in [0.1, 0.15) is 79.7 Å². The molecule has 0 radical (unpaired) electrons. The van der Waals surface area contributed by atoms with Crippen molar-refractivity contribution in [2.75, 3.05) is 26.2 Å². The number of halogens is 1. The van der Waals surface area contributed by atoms with Gasteiger partial charge in [0.2, 0.25) is 10.0 Å². The fourth-order valence-corrected chi connectivity index (χ4v) is 9.84. The smallest absolute Gasteiger partial charge is 0.253 e. The molecule has 0 saturated carbocycles. The lowest BCUT2D eigenvalue weighted by molar-refractivity contribution is 0.0606. The van der Waals surface area contributed by atoms with E-state index < -0.39 is 20.7 Å². The van der Waals surface area contributed by atoms with Gasteiger partial charge in [-0.05, 0) is 99.7 Å². The number of rotatable bonds is 9. The number of nitrogens with zero attached hydrogens (tertiary/aromatic N) is 4. The van der Waals surface area contributed by atoms with Crippen LogP contribution < -0.4 is 4.72 Å². The Morgan fingerprint density at radius 1 is 0.957 bits per heavy atom. The number of para-hydroxylation sites is 2. The molecule has 3 atom stereocenters. The Bertz CT molecular complexity index is 1860. The molecule has 248 valence electrons. The maximum Gasteiger partial charge on any atom is 0.253 e. The quantitative estimate of drug-likeness (QED) is 0.231. The van der Waals surface area contributed by atoms with Gasteiger partial charge in [-0.3, -0.25) is 9.69 Å². The third kappa shape index (κ3) is 6.00. The summed E-state index contributed by atoms with van der Waals surface area (Å²) in [5.41, 5.74) is 3.76. The third-order valence-electron chi connectivity index (χ3n) is 11.0. The predicted octanol–water partition coefficient (Wildman–Crippen LogP) is 6.21. The molecule has 0 unspecified atom stereocenters. The monoisotopic (exact) mass is 657 g/mol. The van der Waals surface area contributed by atoms with E-state index in [1.165, 1.54) is 36.1 Å². The van der Waals surface area contributed by atoms with Crippen molar-refractivity contribution in [2.24, 2.45) is 0 Å². The van der Waals surface area contributed by atoms with Crippen LogP contribution >= 0.6 is 0 Å². The van der Waals surface area contributed by atoms with E-state index in [1.54, 1.807) is 11.8 Å². The van der Waals surface area contributed by atoms with Crippen molar-refractivity contribution < 1.29 is 17.6 Å². The van der Waals surface area contributed by atoms with Crippen LogP contribution in [0, 0.1) is 12.7 Å². The Morgan fingerprint density at radius 3 is 2.34 bits per heavy atom. The van der Waals surface area contributed by atoms with Gasteiger partial charge in [0.25, 0.3) is 5.91 Å². The molecule has 3 saturated heterocycles. The second-order valence-corrected chi connectivity index (χ2v) is 15.3. The number of amides is 1. The molecule has 10 heteroatoms. The van der Waals surface area contributed by atoms with E-state index in [1.807, 2.05) is 0 Å². The molecule has 8 nitrogen and oxygen atoms in total. The fraction of sp³-hybridized carbons (Fsp3) is 0.459. The average Bonchev–Trinajstić information content (AvgIpc) is 3.54. The van der Waals surface area contributed by atoms with Crippen LogP contribution in [0.15, 0.2) is 77.7 Å².